The van der Waals surface area contributed by atoms with E-state index in [1.807, 2.05) is 13.0 Å². The summed E-state index contributed by atoms with van der Waals surface area (Å²) in [5.74, 6) is 5.94. The van der Waals surface area contributed by atoms with Crippen molar-refractivity contribution in [2.24, 2.45) is 0 Å². The van der Waals surface area contributed by atoms with Crippen molar-refractivity contribution in [3.05, 3.63) is 59.0 Å². The summed E-state index contributed by atoms with van der Waals surface area (Å²) in [6.45, 7) is 1.98. The maximum absolute atomic E-state index is 12.1. The zero-order chi connectivity index (χ0) is 14.4. The van der Waals surface area contributed by atoms with Crippen molar-refractivity contribution >= 4 is 5.91 Å². The molecule has 0 aliphatic heterocycles. The number of benzene rings is 1. The van der Waals surface area contributed by atoms with Gasteiger partial charge >= 0.3 is 0 Å². The number of carbonyl (C=O) groups excluding carboxylic acids is 1. The molecule has 0 radical (unpaired) electrons. The summed E-state index contributed by atoms with van der Waals surface area (Å²) in [7, 11) is 0. The summed E-state index contributed by atoms with van der Waals surface area (Å²) in [6.07, 6.45) is 1.57. The van der Waals surface area contributed by atoms with Crippen molar-refractivity contribution < 1.29 is 14.3 Å². The van der Waals surface area contributed by atoms with Crippen molar-refractivity contribution in [3.63, 3.8) is 0 Å². The van der Waals surface area contributed by atoms with E-state index in [0.717, 1.165) is 11.1 Å². The number of aliphatic hydroxyl groups is 1. The molecular formula is C16H15NO3. The van der Waals surface area contributed by atoms with Crippen molar-refractivity contribution in [3.8, 4) is 11.8 Å². The number of hydrogen-bond donors (Lipinski definition) is 2. The van der Waals surface area contributed by atoms with Crippen LogP contribution in [0.25, 0.3) is 0 Å². The lowest BCUT2D eigenvalue weighted by molar-refractivity contribution is 0.0947. The average Bonchev–Trinajstić information content (AvgIpc) is 2.97. The Balaban J connectivity index is 2.13. The molecule has 0 saturated heterocycles. The molecule has 20 heavy (non-hydrogen) atoms. The summed E-state index contributed by atoms with van der Waals surface area (Å²) < 4.78 is 5.16. The molecule has 0 fully saturated rings. The van der Waals surface area contributed by atoms with Gasteiger partial charge in [0.1, 0.15) is 12.4 Å². The summed E-state index contributed by atoms with van der Waals surface area (Å²) >= 11 is 0. The van der Waals surface area contributed by atoms with E-state index in [9.17, 15) is 4.79 Å². The molecule has 0 aliphatic rings. The Morgan fingerprint density at radius 1 is 1.35 bits per heavy atom. The number of carbonyl (C=O) groups is 1. The van der Waals surface area contributed by atoms with E-state index in [2.05, 4.69) is 17.2 Å². The fraction of sp³-hybridized carbons (Fsp3) is 0.188. The second-order valence-electron chi connectivity index (χ2n) is 4.20. The van der Waals surface area contributed by atoms with Gasteiger partial charge in [-0.05, 0) is 36.8 Å². The smallest absolute Gasteiger partial charge is 0.251 e. The third-order valence-electron chi connectivity index (χ3n) is 2.88. The fourth-order valence-electron chi connectivity index (χ4n) is 1.83. The van der Waals surface area contributed by atoms with Crippen molar-refractivity contribution in [1.29, 1.82) is 0 Å². The molecule has 1 heterocycles. The Kier molecular flexibility index (Phi) is 4.59. The summed E-state index contributed by atoms with van der Waals surface area (Å²) in [4.78, 5) is 12.1. The maximum atomic E-state index is 12.1. The van der Waals surface area contributed by atoms with Gasteiger partial charge in [-0.25, -0.2) is 0 Å². The quantitative estimate of drug-likeness (QED) is 0.836. The molecule has 2 aromatic rings. The lowest BCUT2D eigenvalue weighted by Crippen LogP contribution is -2.23. The number of amides is 1. The fourth-order valence-corrected chi connectivity index (χ4v) is 1.83. The SMILES string of the molecule is Cc1c(C#CCO)cccc1C(=O)NCc1ccco1. The van der Waals surface area contributed by atoms with Crippen LogP contribution in [-0.4, -0.2) is 17.6 Å². The molecule has 0 spiro atoms. The van der Waals surface area contributed by atoms with Crippen LogP contribution in [0.3, 0.4) is 0 Å². The molecule has 0 atom stereocenters. The molecule has 0 bridgehead atoms. The van der Waals surface area contributed by atoms with Gasteiger partial charge < -0.3 is 14.8 Å². The largest absolute Gasteiger partial charge is 0.467 e. The first kappa shape index (κ1) is 13.9. The first-order valence-electron chi connectivity index (χ1n) is 6.22. The number of furan rings is 1. The Hall–Kier alpha value is -2.51. The van der Waals surface area contributed by atoms with Gasteiger partial charge in [-0.2, -0.15) is 0 Å². The van der Waals surface area contributed by atoms with E-state index in [4.69, 9.17) is 9.52 Å². The van der Waals surface area contributed by atoms with Crippen molar-refractivity contribution in [1.82, 2.24) is 5.32 Å². The molecule has 0 saturated carbocycles. The highest BCUT2D eigenvalue weighted by molar-refractivity contribution is 5.96. The third kappa shape index (κ3) is 3.28. The van der Waals surface area contributed by atoms with Crippen LogP contribution in [0.5, 0.6) is 0 Å². The topological polar surface area (TPSA) is 62.5 Å². The molecule has 0 unspecified atom stereocenters. The van der Waals surface area contributed by atoms with Crippen LogP contribution in [0.2, 0.25) is 0 Å². The molecular weight excluding hydrogens is 254 g/mol. The molecule has 4 heteroatoms. The van der Waals surface area contributed by atoms with Crippen LogP contribution in [0.4, 0.5) is 0 Å². The zero-order valence-electron chi connectivity index (χ0n) is 11.1. The van der Waals surface area contributed by atoms with E-state index in [1.165, 1.54) is 0 Å². The highest BCUT2D eigenvalue weighted by Gasteiger charge is 2.11. The van der Waals surface area contributed by atoms with Crippen LogP contribution < -0.4 is 5.32 Å². The first-order valence-corrected chi connectivity index (χ1v) is 6.22. The predicted octanol–water partition coefficient (Wildman–Crippen LogP) is 1.86. The monoisotopic (exact) mass is 269 g/mol. The number of rotatable bonds is 3. The minimum absolute atomic E-state index is 0.174. The Labute approximate surface area is 117 Å². The second-order valence-corrected chi connectivity index (χ2v) is 4.20. The number of hydrogen-bond acceptors (Lipinski definition) is 3. The van der Waals surface area contributed by atoms with E-state index < -0.39 is 0 Å². The number of aliphatic hydroxyl groups excluding tert-OH is 1. The summed E-state index contributed by atoms with van der Waals surface area (Å²) in [6, 6.07) is 8.92. The van der Waals surface area contributed by atoms with E-state index >= 15 is 0 Å². The summed E-state index contributed by atoms with van der Waals surface area (Å²) in [5.41, 5.74) is 2.11. The van der Waals surface area contributed by atoms with Gasteiger partial charge in [-0.1, -0.05) is 17.9 Å². The van der Waals surface area contributed by atoms with Crippen LogP contribution in [0.15, 0.2) is 41.0 Å². The zero-order valence-corrected chi connectivity index (χ0v) is 11.1. The van der Waals surface area contributed by atoms with Crippen LogP contribution >= 0.6 is 0 Å². The Bertz CT molecular complexity index is 648. The van der Waals surface area contributed by atoms with Gasteiger partial charge in [0.05, 0.1) is 12.8 Å². The van der Waals surface area contributed by atoms with E-state index in [-0.39, 0.29) is 12.5 Å². The van der Waals surface area contributed by atoms with Crippen molar-refractivity contribution in [2.45, 2.75) is 13.5 Å². The van der Waals surface area contributed by atoms with Gasteiger partial charge in [0.15, 0.2) is 0 Å². The van der Waals surface area contributed by atoms with Gasteiger partial charge in [-0.3, -0.25) is 4.79 Å². The highest BCUT2D eigenvalue weighted by Crippen LogP contribution is 2.13. The van der Waals surface area contributed by atoms with E-state index in [0.29, 0.717) is 17.9 Å². The second kappa shape index (κ2) is 6.60. The van der Waals surface area contributed by atoms with Crippen LogP contribution in [0, 0.1) is 18.8 Å². The number of nitrogens with one attached hydrogen (secondary N) is 1. The van der Waals surface area contributed by atoms with Crippen LogP contribution in [0.1, 0.15) is 27.2 Å². The van der Waals surface area contributed by atoms with Gasteiger partial charge in [0.25, 0.3) is 5.91 Å². The standard InChI is InChI=1S/C16H15NO3/c1-12-13(6-3-9-18)5-2-8-15(12)16(19)17-11-14-7-4-10-20-14/h2,4-5,7-8,10,18H,9,11H2,1H3,(H,17,19). The Morgan fingerprint density at radius 3 is 2.90 bits per heavy atom. The predicted molar refractivity (Wildman–Crippen MR) is 75.0 cm³/mol. The molecule has 1 aromatic heterocycles. The highest BCUT2D eigenvalue weighted by atomic mass is 16.3. The Morgan fingerprint density at radius 2 is 2.20 bits per heavy atom. The minimum atomic E-state index is -0.200. The molecule has 102 valence electrons. The average molecular weight is 269 g/mol. The molecule has 1 amide bonds. The maximum Gasteiger partial charge on any atom is 0.251 e. The normalized spacial score (nSPS) is 9.70. The third-order valence-corrected chi connectivity index (χ3v) is 2.88. The lowest BCUT2D eigenvalue weighted by atomic mass is 10.0. The van der Waals surface area contributed by atoms with Crippen molar-refractivity contribution in [2.75, 3.05) is 6.61 Å². The lowest BCUT2D eigenvalue weighted by Gasteiger charge is -2.08. The minimum Gasteiger partial charge on any atom is -0.467 e. The van der Waals surface area contributed by atoms with Crippen LogP contribution in [-0.2, 0) is 6.54 Å². The molecule has 4 nitrogen and oxygen atoms in total. The van der Waals surface area contributed by atoms with E-state index in [1.54, 1.807) is 30.5 Å². The molecule has 2 rings (SSSR count). The molecule has 0 aliphatic carbocycles. The first-order chi connectivity index (χ1) is 9.72. The van der Waals surface area contributed by atoms with Gasteiger partial charge in [0.2, 0.25) is 0 Å². The molecule has 2 N–H and O–H groups in total. The molecule has 1 aromatic carbocycles. The van der Waals surface area contributed by atoms with Gasteiger partial charge in [0, 0.05) is 11.1 Å². The van der Waals surface area contributed by atoms with Gasteiger partial charge in [-0.15, -0.1) is 0 Å². The summed E-state index contributed by atoms with van der Waals surface area (Å²) in [5, 5.41) is 11.5.